The molecule has 1 N–H and O–H groups in total. The maximum atomic E-state index is 12.2. The van der Waals surface area contributed by atoms with Gasteiger partial charge in [-0.25, -0.2) is 5.43 Å². The van der Waals surface area contributed by atoms with Crippen molar-refractivity contribution in [2.75, 3.05) is 0 Å². The van der Waals surface area contributed by atoms with Crippen LogP contribution in [0.3, 0.4) is 0 Å². The monoisotopic (exact) mass is 367 g/mol. The molecule has 0 atom stereocenters. The van der Waals surface area contributed by atoms with Crippen molar-refractivity contribution in [2.24, 2.45) is 5.10 Å². The lowest BCUT2D eigenvalue weighted by atomic mass is 10.0. The number of fused-ring (bicyclic) bond motifs is 1. The summed E-state index contributed by atoms with van der Waals surface area (Å²) in [5.41, 5.74) is 4.63. The standard InChI is InChI=1S/C19H17N3O3S/c1-12(2)14-5-3-13(4-6-14)11-20-21-19(23)18-10-15-9-16(22(24)25)7-8-17(15)26-18/h3-12H,1-2H3,(H,21,23). The van der Waals surface area contributed by atoms with E-state index >= 15 is 0 Å². The molecular formula is C19H17N3O3S. The van der Waals surface area contributed by atoms with Crippen LogP contribution in [0, 0.1) is 10.1 Å². The Morgan fingerprint density at radius 2 is 1.92 bits per heavy atom. The van der Waals surface area contributed by atoms with Gasteiger partial charge in [0, 0.05) is 22.2 Å². The third-order valence-corrected chi connectivity index (χ3v) is 5.03. The van der Waals surface area contributed by atoms with Crippen molar-refractivity contribution in [1.82, 2.24) is 5.43 Å². The van der Waals surface area contributed by atoms with Gasteiger partial charge in [0.2, 0.25) is 0 Å². The summed E-state index contributed by atoms with van der Waals surface area (Å²) in [6.07, 6.45) is 1.58. The molecule has 0 aliphatic heterocycles. The Hall–Kier alpha value is -3.06. The van der Waals surface area contributed by atoms with Crippen LogP contribution in [-0.2, 0) is 0 Å². The number of thiophene rings is 1. The van der Waals surface area contributed by atoms with Crippen molar-refractivity contribution >= 4 is 39.2 Å². The number of carbonyl (C=O) groups is 1. The van der Waals surface area contributed by atoms with Gasteiger partial charge in [-0.3, -0.25) is 14.9 Å². The maximum absolute atomic E-state index is 12.2. The molecule has 6 nitrogen and oxygen atoms in total. The van der Waals surface area contributed by atoms with Crippen LogP contribution in [0.2, 0.25) is 0 Å². The Bertz CT molecular complexity index is 991. The van der Waals surface area contributed by atoms with E-state index in [9.17, 15) is 14.9 Å². The third kappa shape index (κ3) is 3.94. The van der Waals surface area contributed by atoms with Gasteiger partial charge in [-0.05, 0) is 29.2 Å². The van der Waals surface area contributed by atoms with Gasteiger partial charge < -0.3 is 0 Å². The number of non-ortho nitro benzene ring substituents is 1. The molecule has 3 rings (SSSR count). The fourth-order valence-electron chi connectivity index (χ4n) is 2.44. The first-order valence-electron chi connectivity index (χ1n) is 8.05. The van der Waals surface area contributed by atoms with Gasteiger partial charge in [-0.15, -0.1) is 11.3 Å². The molecule has 0 aliphatic rings. The minimum atomic E-state index is -0.453. The summed E-state index contributed by atoms with van der Waals surface area (Å²) in [4.78, 5) is 23.0. The highest BCUT2D eigenvalue weighted by Crippen LogP contribution is 2.28. The molecule has 0 spiro atoms. The van der Waals surface area contributed by atoms with Crippen molar-refractivity contribution < 1.29 is 9.72 Å². The number of carbonyl (C=O) groups excluding carboxylic acids is 1. The van der Waals surface area contributed by atoms with Crippen molar-refractivity contribution in [3.8, 4) is 0 Å². The molecule has 1 aromatic heterocycles. The molecule has 0 unspecified atom stereocenters. The number of nitrogens with zero attached hydrogens (tertiary/aromatic N) is 2. The Morgan fingerprint density at radius 3 is 2.58 bits per heavy atom. The van der Waals surface area contributed by atoms with Crippen molar-refractivity contribution in [1.29, 1.82) is 0 Å². The summed E-state index contributed by atoms with van der Waals surface area (Å²) in [7, 11) is 0. The van der Waals surface area contributed by atoms with E-state index in [0.29, 0.717) is 16.2 Å². The quantitative estimate of drug-likeness (QED) is 0.403. The van der Waals surface area contributed by atoms with Crippen LogP contribution in [0.25, 0.3) is 10.1 Å². The number of hydrogen-bond donors (Lipinski definition) is 1. The van der Waals surface area contributed by atoms with Crippen molar-refractivity contribution in [3.05, 3.63) is 74.6 Å². The SMILES string of the molecule is CC(C)c1ccc(C=NNC(=O)c2cc3cc([N+](=O)[O-])ccc3s2)cc1. The number of nitro groups is 1. The molecule has 0 radical (unpaired) electrons. The zero-order chi connectivity index (χ0) is 18.7. The minimum Gasteiger partial charge on any atom is -0.266 e. The van der Waals surface area contributed by atoms with Crippen molar-refractivity contribution in [2.45, 2.75) is 19.8 Å². The Morgan fingerprint density at radius 1 is 1.19 bits per heavy atom. The van der Waals surface area contributed by atoms with Crippen LogP contribution in [-0.4, -0.2) is 17.0 Å². The third-order valence-electron chi connectivity index (χ3n) is 3.92. The van der Waals surface area contributed by atoms with Crippen LogP contribution in [0.1, 0.15) is 40.6 Å². The Kier molecular flexibility index (Phi) is 5.09. The number of nitro benzene ring substituents is 1. The van der Waals surface area contributed by atoms with E-state index in [-0.39, 0.29) is 11.6 Å². The summed E-state index contributed by atoms with van der Waals surface area (Å²) in [6.45, 7) is 4.26. The lowest BCUT2D eigenvalue weighted by Crippen LogP contribution is -2.16. The molecule has 1 heterocycles. The summed E-state index contributed by atoms with van der Waals surface area (Å²) in [5.74, 6) is 0.119. The molecule has 0 saturated carbocycles. The molecule has 0 aliphatic carbocycles. The van der Waals surface area contributed by atoms with Gasteiger partial charge in [0.1, 0.15) is 0 Å². The van der Waals surface area contributed by atoms with Crippen LogP contribution in [0.5, 0.6) is 0 Å². The van der Waals surface area contributed by atoms with Gasteiger partial charge in [-0.1, -0.05) is 38.1 Å². The first-order valence-corrected chi connectivity index (χ1v) is 8.87. The number of nitrogens with one attached hydrogen (secondary N) is 1. The number of hydrazone groups is 1. The lowest BCUT2D eigenvalue weighted by molar-refractivity contribution is -0.384. The molecule has 7 heteroatoms. The van der Waals surface area contributed by atoms with Gasteiger partial charge >= 0.3 is 0 Å². The highest BCUT2D eigenvalue weighted by molar-refractivity contribution is 7.20. The average molecular weight is 367 g/mol. The minimum absolute atomic E-state index is 0.00474. The normalized spacial score (nSPS) is 11.3. The summed E-state index contributed by atoms with van der Waals surface area (Å²) in [6, 6.07) is 14.1. The smallest absolute Gasteiger partial charge is 0.266 e. The predicted octanol–water partition coefficient (Wildman–Crippen LogP) is 4.70. The lowest BCUT2D eigenvalue weighted by Gasteiger charge is -2.04. The van der Waals surface area contributed by atoms with E-state index in [4.69, 9.17) is 0 Å². The molecule has 0 saturated heterocycles. The van der Waals surface area contributed by atoms with Crippen LogP contribution in [0.15, 0.2) is 53.6 Å². The van der Waals surface area contributed by atoms with Crippen LogP contribution in [0.4, 0.5) is 5.69 Å². The summed E-state index contributed by atoms with van der Waals surface area (Å²) < 4.78 is 0.814. The van der Waals surface area contributed by atoms with E-state index in [0.717, 1.165) is 10.3 Å². The molecule has 26 heavy (non-hydrogen) atoms. The Labute approximate surface area is 154 Å². The van der Waals surface area contributed by atoms with Gasteiger partial charge in [0.05, 0.1) is 16.0 Å². The van der Waals surface area contributed by atoms with E-state index in [1.165, 1.54) is 29.0 Å². The van der Waals surface area contributed by atoms with Gasteiger partial charge in [0.15, 0.2) is 0 Å². The van der Waals surface area contributed by atoms with E-state index < -0.39 is 4.92 Å². The largest absolute Gasteiger partial charge is 0.281 e. The number of hydrogen-bond acceptors (Lipinski definition) is 5. The van der Waals surface area contributed by atoms with Gasteiger partial charge in [-0.2, -0.15) is 5.10 Å². The maximum Gasteiger partial charge on any atom is 0.281 e. The molecule has 1 amide bonds. The number of amides is 1. The zero-order valence-electron chi connectivity index (χ0n) is 14.3. The average Bonchev–Trinajstić information content (AvgIpc) is 3.05. The number of rotatable bonds is 5. The van der Waals surface area contributed by atoms with E-state index in [1.807, 2.05) is 24.3 Å². The van der Waals surface area contributed by atoms with Crippen molar-refractivity contribution in [3.63, 3.8) is 0 Å². The molecule has 2 aromatic carbocycles. The fraction of sp³-hybridized carbons (Fsp3) is 0.158. The van der Waals surface area contributed by atoms with Gasteiger partial charge in [0.25, 0.3) is 11.6 Å². The topological polar surface area (TPSA) is 84.6 Å². The van der Waals surface area contributed by atoms with Crippen LogP contribution >= 0.6 is 11.3 Å². The Balaban J connectivity index is 1.69. The van der Waals surface area contributed by atoms with Crippen LogP contribution < -0.4 is 5.43 Å². The first kappa shape index (κ1) is 17.8. The highest BCUT2D eigenvalue weighted by Gasteiger charge is 2.12. The second-order valence-electron chi connectivity index (χ2n) is 6.11. The second kappa shape index (κ2) is 7.45. The summed E-state index contributed by atoms with van der Waals surface area (Å²) >= 11 is 1.27. The molecular weight excluding hydrogens is 350 g/mol. The summed E-state index contributed by atoms with van der Waals surface area (Å²) in [5, 5.41) is 15.5. The van der Waals surface area contributed by atoms with E-state index in [1.54, 1.807) is 18.3 Å². The molecule has 3 aromatic rings. The first-order chi connectivity index (χ1) is 12.4. The predicted molar refractivity (Wildman–Crippen MR) is 104 cm³/mol. The zero-order valence-corrected chi connectivity index (χ0v) is 15.1. The second-order valence-corrected chi connectivity index (χ2v) is 7.19. The number of benzene rings is 2. The molecule has 132 valence electrons. The fourth-order valence-corrected chi connectivity index (χ4v) is 3.38. The molecule has 0 fully saturated rings. The molecule has 0 bridgehead atoms. The highest BCUT2D eigenvalue weighted by atomic mass is 32.1. The van der Waals surface area contributed by atoms with E-state index in [2.05, 4.69) is 24.4 Å².